The van der Waals surface area contributed by atoms with Crippen molar-refractivity contribution in [1.29, 1.82) is 0 Å². The third kappa shape index (κ3) is 5.84. The maximum Gasteiger partial charge on any atom is 0.416 e. The highest BCUT2D eigenvalue weighted by molar-refractivity contribution is 5.75. The molecular weight excluding hydrogens is 358 g/mol. The van der Waals surface area contributed by atoms with E-state index >= 15 is 0 Å². The summed E-state index contributed by atoms with van der Waals surface area (Å²) in [6, 6.07) is -1.22. The summed E-state index contributed by atoms with van der Waals surface area (Å²) in [6.45, 7) is -0.410. The largest absolute Gasteiger partial charge is 0.481 e. The third-order valence-electron chi connectivity index (χ3n) is 3.18. The minimum absolute atomic E-state index is 0.410. The van der Waals surface area contributed by atoms with E-state index in [0.29, 0.717) is 17.0 Å². The summed E-state index contributed by atoms with van der Waals surface area (Å²) < 4.78 is 78.5. The van der Waals surface area contributed by atoms with Gasteiger partial charge in [-0.15, -0.1) is 0 Å². The molecule has 0 radical (unpaired) electrons. The number of urea groups is 1. The number of benzene rings is 1. The van der Waals surface area contributed by atoms with Crippen LogP contribution in [0.3, 0.4) is 0 Å². The average molecular weight is 372 g/mol. The van der Waals surface area contributed by atoms with E-state index in [2.05, 4.69) is 0 Å². The van der Waals surface area contributed by atoms with Crippen molar-refractivity contribution in [2.45, 2.75) is 24.8 Å². The zero-order valence-electron chi connectivity index (χ0n) is 12.8. The number of rotatable bonds is 5. The monoisotopic (exact) mass is 372 g/mol. The summed E-state index contributed by atoms with van der Waals surface area (Å²) in [6.07, 6.45) is -10.8. The first kappa shape index (κ1) is 20.6. The van der Waals surface area contributed by atoms with Crippen LogP contribution in [0.2, 0.25) is 0 Å². The van der Waals surface area contributed by atoms with Gasteiger partial charge in [0.05, 0.1) is 12.0 Å². The van der Waals surface area contributed by atoms with Crippen LogP contribution in [-0.4, -0.2) is 41.8 Å². The Balaban J connectivity index is 3.13. The number of alkyl halides is 6. The van der Waals surface area contributed by atoms with Crippen LogP contribution in [0.5, 0.6) is 0 Å². The number of carbonyl (C=O) groups is 2. The van der Waals surface area contributed by atoms with Gasteiger partial charge in [0.2, 0.25) is 0 Å². The van der Waals surface area contributed by atoms with Crippen molar-refractivity contribution in [2.75, 3.05) is 13.6 Å². The molecule has 1 atom stereocenters. The predicted molar refractivity (Wildman–Crippen MR) is 73.7 cm³/mol. The number of amides is 2. The Morgan fingerprint density at radius 2 is 1.72 bits per heavy atom. The lowest BCUT2D eigenvalue weighted by Crippen LogP contribution is -2.45. The predicted octanol–water partition coefficient (Wildman–Crippen LogP) is 3.42. The molecule has 0 heterocycles. The fraction of sp³-hybridized carbons (Fsp3) is 0.429. The Kier molecular flexibility index (Phi) is 6.27. The van der Waals surface area contributed by atoms with Crippen LogP contribution in [0.4, 0.5) is 31.1 Å². The van der Waals surface area contributed by atoms with Crippen molar-refractivity contribution >= 4 is 12.0 Å². The second-order valence-corrected chi connectivity index (χ2v) is 5.07. The van der Waals surface area contributed by atoms with E-state index in [1.165, 1.54) is 5.32 Å². The fourth-order valence-electron chi connectivity index (χ4n) is 1.94. The van der Waals surface area contributed by atoms with Gasteiger partial charge in [-0.3, -0.25) is 4.79 Å². The molecule has 2 amide bonds. The summed E-state index contributed by atoms with van der Waals surface area (Å²) in [5.41, 5.74) is -2.67. The van der Waals surface area contributed by atoms with Crippen molar-refractivity contribution in [1.82, 2.24) is 10.2 Å². The highest BCUT2D eigenvalue weighted by atomic mass is 19.4. The van der Waals surface area contributed by atoms with E-state index < -0.39 is 54.5 Å². The number of carboxylic acids is 1. The molecule has 2 N–H and O–H groups in total. The van der Waals surface area contributed by atoms with Gasteiger partial charge in [0, 0.05) is 13.6 Å². The molecule has 1 aromatic carbocycles. The van der Waals surface area contributed by atoms with Crippen molar-refractivity contribution in [3.63, 3.8) is 0 Å². The summed E-state index contributed by atoms with van der Waals surface area (Å²) in [5.74, 6) is -1.28. The second-order valence-electron chi connectivity index (χ2n) is 5.07. The Bertz CT molecular complexity index is 630. The summed E-state index contributed by atoms with van der Waals surface area (Å²) in [4.78, 5) is 22.9. The Labute approximate surface area is 138 Å². The lowest BCUT2D eigenvalue weighted by atomic mass is 9.99. The third-order valence-corrected chi connectivity index (χ3v) is 3.18. The topological polar surface area (TPSA) is 69.6 Å². The zero-order valence-corrected chi connectivity index (χ0v) is 12.8. The first-order valence-electron chi connectivity index (χ1n) is 6.80. The number of carboxylic acid groups (broad SMARTS) is 1. The van der Waals surface area contributed by atoms with E-state index in [9.17, 15) is 35.9 Å². The highest BCUT2D eigenvalue weighted by Crippen LogP contribution is 2.40. The van der Waals surface area contributed by atoms with Crippen molar-refractivity contribution < 1.29 is 41.0 Å². The first-order valence-corrected chi connectivity index (χ1v) is 6.80. The highest BCUT2D eigenvalue weighted by Gasteiger charge is 2.46. The Hall–Kier alpha value is -2.46. The van der Waals surface area contributed by atoms with Gasteiger partial charge in [-0.2, -0.15) is 26.3 Å². The fourth-order valence-corrected chi connectivity index (χ4v) is 1.94. The lowest BCUT2D eigenvalue weighted by molar-refractivity contribution is -0.160. The number of halogens is 6. The van der Waals surface area contributed by atoms with Crippen LogP contribution in [0.25, 0.3) is 0 Å². The van der Waals surface area contributed by atoms with Crippen LogP contribution in [-0.2, 0) is 11.0 Å². The van der Waals surface area contributed by atoms with Crippen molar-refractivity contribution in [3.05, 3.63) is 35.4 Å². The molecule has 0 saturated heterocycles. The Morgan fingerprint density at radius 1 is 1.16 bits per heavy atom. The van der Waals surface area contributed by atoms with E-state index in [4.69, 9.17) is 5.11 Å². The van der Waals surface area contributed by atoms with Gasteiger partial charge in [-0.25, -0.2) is 4.79 Å². The molecule has 0 aliphatic carbocycles. The smallest absolute Gasteiger partial charge is 0.416 e. The SMILES string of the molecule is CN(CCC(=O)O)C(=O)NC(c1ccccc1C(F)(F)F)C(F)(F)F. The van der Waals surface area contributed by atoms with Gasteiger partial charge in [0.15, 0.2) is 6.04 Å². The number of hydrogen-bond donors (Lipinski definition) is 2. The zero-order chi connectivity index (χ0) is 19.4. The molecule has 25 heavy (non-hydrogen) atoms. The average Bonchev–Trinajstić information content (AvgIpc) is 2.47. The molecule has 0 aliphatic heterocycles. The normalized spacial score (nSPS) is 13.2. The van der Waals surface area contributed by atoms with Gasteiger partial charge < -0.3 is 15.3 Å². The molecule has 11 heteroatoms. The van der Waals surface area contributed by atoms with E-state index in [1.54, 1.807) is 0 Å². The molecule has 0 fully saturated rings. The maximum atomic E-state index is 13.2. The first-order chi connectivity index (χ1) is 11.3. The standard InChI is InChI=1S/C14H14F6N2O3/c1-22(7-6-10(23)24)12(25)21-11(14(18,19)20)8-4-2-3-5-9(8)13(15,16)17/h2-5,11H,6-7H2,1H3,(H,21,25)(H,23,24). The molecule has 1 aromatic rings. The van der Waals surface area contributed by atoms with Gasteiger partial charge in [-0.1, -0.05) is 18.2 Å². The lowest BCUT2D eigenvalue weighted by Gasteiger charge is -2.27. The van der Waals surface area contributed by atoms with Crippen LogP contribution in [0, 0.1) is 0 Å². The Morgan fingerprint density at radius 3 is 2.20 bits per heavy atom. The second kappa shape index (κ2) is 7.62. The van der Waals surface area contributed by atoms with Crippen LogP contribution in [0.15, 0.2) is 24.3 Å². The molecule has 1 unspecified atom stereocenters. The maximum absolute atomic E-state index is 13.2. The van der Waals surface area contributed by atoms with Crippen LogP contribution in [0.1, 0.15) is 23.6 Å². The van der Waals surface area contributed by atoms with Crippen LogP contribution >= 0.6 is 0 Å². The number of carbonyl (C=O) groups excluding carboxylic acids is 1. The molecule has 0 aromatic heterocycles. The molecule has 1 rings (SSSR count). The minimum Gasteiger partial charge on any atom is -0.481 e. The van der Waals surface area contributed by atoms with E-state index in [1.807, 2.05) is 0 Å². The number of aliphatic carboxylic acids is 1. The molecule has 0 aliphatic rings. The summed E-state index contributed by atoms with van der Waals surface area (Å²) >= 11 is 0. The molecule has 0 spiro atoms. The molecule has 5 nitrogen and oxygen atoms in total. The molecule has 0 bridgehead atoms. The van der Waals surface area contributed by atoms with E-state index in [0.717, 1.165) is 19.2 Å². The quantitative estimate of drug-likeness (QED) is 0.779. The number of nitrogens with one attached hydrogen (secondary N) is 1. The molecular formula is C14H14F6N2O3. The van der Waals surface area contributed by atoms with Crippen molar-refractivity contribution in [3.8, 4) is 0 Å². The van der Waals surface area contributed by atoms with Crippen molar-refractivity contribution in [2.24, 2.45) is 0 Å². The molecule has 140 valence electrons. The van der Waals surface area contributed by atoms with Gasteiger partial charge in [0.25, 0.3) is 0 Å². The van der Waals surface area contributed by atoms with Gasteiger partial charge in [0.1, 0.15) is 0 Å². The number of nitrogens with zero attached hydrogens (tertiary/aromatic N) is 1. The summed E-state index contributed by atoms with van der Waals surface area (Å²) in [5, 5.41) is 9.97. The summed E-state index contributed by atoms with van der Waals surface area (Å²) in [7, 11) is 1.03. The van der Waals surface area contributed by atoms with Gasteiger partial charge >= 0.3 is 24.4 Å². The minimum atomic E-state index is -5.19. The van der Waals surface area contributed by atoms with E-state index in [-0.39, 0.29) is 0 Å². The molecule has 0 saturated carbocycles. The number of hydrogen-bond acceptors (Lipinski definition) is 2. The van der Waals surface area contributed by atoms with Gasteiger partial charge in [-0.05, 0) is 11.6 Å². The van der Waals surface area contributed by atoms with Crippen LogP contribution < -0.4 is 5.32 Å².